The van der Waals surface area contributed by atoms with E-state index in [9.17, 15) is 5.11 Å². The molecule has 1 heterocycles. The molecule has 2 heteroatoms. The van der Waals surface area contributed by atoms with Gasteiger partial charge in [0.15, 0.2) is 0 Å². The predicted octanol–water partition coefficient (Wildman–Crippen LogP) is 5.25. The van der Waals surface area contributed by atoms with Crippen LogP contribution in [0.25, 0.3) is 0 Å². The van der Waals surface area contributed by atoms with E-state index in [1.54, 1.807) is 0 Å². The van der Waals surface area contributed by atoms with Crippen LogP contribution in [0.2, 0.25) is 0 Å². The Labute approximate surface area is 129 Å². The molecule has 0 atom stereocenters. The molecule has 1 saturated heterocycles. The number of hydrogen-bond acceptors (Lipinski definition) is 2. The minimum atomic E-state index is -0.391. The van der Waals surface area contributed by atoms with Crippen molar-refractivity contribution in [2.75, 3.05) is 19.6 Å². The summed E-state index contributed by atoms with van der Waals surface area (Å²) in [6.45, 7) is 15.6. The van der Waals surface area contributed by atoms with E-state index in [4.69, 9.17) is 0 Å². The highest BCUT2D eigenvalue weighted by Crippen LogP contribution is 2.21. The molecule has 0 amide bonds. The van der Waals surface area contributed by atoms with Crippen molar-refractivity contribution in [1.29, 1.82) is 0 Å². The monoisotopic (exact) mass is 287 g/mol. The minimum Gasteiger partial charge on any atom is -0.390 e. The highest BCUT2D eigenvalue weighted by atomic mass is 16.3. The van der Waals surface area contributed by atoms with Gasteiger partial charge in [0, 0.05) is 13.1 Å². The fourth-order valence-electron chi connectivity index (χ4n) is 2.37. The SMILES string of the molecule is CC.CC.CCCCCCCCN1CCC(C)(O)CC1. The molecule has 0 bridgehead atoms. The summed E-state index contributed by atoms with van der Waals surface area (Å²) in [7, 11) is 0. The van der Waals surface area contributed by atoms with Crippen LogP contribution in [0.4, 0.5) is 0 Å². The van der Waals surface area contributed by atoms with E-state index in [1.807, 2.05) is 34.6 Å². The smallest absolute Gasteiger partial charge is 0.0644 e. The summed E-state index contributed by atoms with van der Waals surface area (Å²) < 4.78 is 0. The van der Waals surface area contributed by atoms with Gasteiger partial charge in [-0.25, -0.2) is 0 Å². The van der Waals surface area contributed by atoms with Crippen molar-refractivity contribution in [3.63, 3.8) is 0 Å². The molecule has 0 saturated carbocycles. The first-order valence-electron chi connectivity index (χ1n) is 9.09. The van der Waals surface area contributed by atoms with Gasteiger partial charge in [-0.3, -0.25) is 0 Å². The zero-order valence-electron chi connectivity index (χ0n) is 15.2. The number of nitrogens with zero attached hydrogens (tertiary/aromatic N) is 1. The van der Waals surface area contributed by atoms with Gasteiger partial charge in [-0.1, -0.05) is 66.7 Å². The Hall–Kier alpha value is -0.0800. The van der Waals surface area contributed by atoms with Gasteiger partial charge in [-0.2, -0.15) is 0 Å². The molecular formula is C18H41NO. The van der Waals surface area contributed by atoms with Crippen molar-refractivity contribution in [3.05, 3.63) is 0 Å². The maximum absolute atomic E-state index is 9.83. The minimum absolute atomic E-state index is 0.391. The largest absolute Gasteiger partial charge is 0.390 e. The van der Waals surface area contributed by atoms with Gasteiger partial charge in [0.1, 0.15) is 0 Å². The van der Waals surface area contributed by atoms with Crippen molar-refractivity contribution >= 4 is 0 Å². The van der Waals surface area contributed by atoms with Crippen LogP contribution < -0.4 is 0 Å². The third kappa shape index (κ3) is 12.9. The average Bonchev–Trinajstić information content (AvgIpc) is 2.48. The van der Waals surface area contributed by atoms with Gasteiger partial charge in [0.05, 0.1) is 5.60 Å². The van der Waals surface area contributed by atoms with Gasteiger partial charge in [-0.05, 0) is 32.7 Å². The van der Waals surface area contributed by atoms with Crippen LogP contribution in [0, 0.1) is 0 Å². The van der Waals surface area contributed by atoms with E-state index in [0.717, 1.165) is 25.9 Å². The fraction of sp³-hybridized carbons (Fsp3) is 1.00. The number of aliphatic hydroxyl groups is 1. The lowest BCUT2D eigenvalue weighted by Crippen LogP contribution is -2.42. The van der Waals surface area contributed by atoms with Gasteiger partial charge in [0.25, 0.3) is 0 Å². The summed E-state index contributed by atoms with van der Waals surface area (Å²) >= 11 is 0. The first-order chi connectivity index (χ1) is 9.64. The van der Waals surface area contributed by atoms with Crippen LogP contribution in [0.15, 0.2) is 0 Å². The summed E-state index contributed by atoms with van der Waals surface area (Å²) in [5, 5.41) is 9.83. The Kier molecular flexibility index (Phi) is 17.0. The molecule has 0 aromatic carbocycles. The summed E-state index contributed by atoms with van der Waals surface area (Å²) in [5.41, 5.74) is -0.391. The number of piperidine rings is 1. The third-order valence-electron chi connectivity index (χ3n) is 3.76. The molecule has 1 aliphatic rings. The molecular weight excluding hydrogens is 246 g/mol. The van der Waals surface area contributed by atoms with Crippen LogP contribution in [-0.2, 0) is 0 Å². The van der Waals surface area contributed by atoms with Crippen molar-refractivity contribution < 1.29 is 5.11 Å². The van der Waals surface area contributed by atoms with E-state index >= 15 is 0 Å². The summed E-state index contributed by atoms with van der Waals surface area (Å²) in [6, 6.07) is 0. The second-order valence-electron chi connectivity index (χ2n) is 5.61. The lowest BCUT2D eigenvalue weighted by Gasteiger charge is -2.35. The van der Waals surface area contributed by atoms with Crippen molar-refractivity contribution in [3.8, 4) is 0 Å². The fourth-order valence-corrected chi connectivity index (χ4v) is 2.37. The van der Waals surface area contributed by atoms with Crippen LogP contribution in [0.3, 0.4) is 0 Å². The molecule has 0 aromatic heterocycles. The van der Waals surface area contributed by atoms with Gasteiger partial charge >= 0.3 is 0 Å². The number of unbranched alkanes of at least 4 members (excludes halogenated alkanes) is 5. The topological polar surface area (TPSA) is 23.5 Å². The molecule has 0 spiro atoms. The first kappa shape index (κ1) is 22.2. The van der Waals surface area contributed by atoms with E-state index < -0.39 is 5.60 Å². The molecule has 1 fully saturated rings. The second kappa shape index (κ2) is 15.3. The van der Waals surface area contributed by atoms with Crippen molar-refractivity contribution in [2.45, 2.75) is 98.5 Å². The normalized spacial score (nSPS) is 17.6. The van der Waals surface area contributed by atoms with E-state index in [0.29, 0.717) is 0 Å². The maximum atomic E-state index is 9.83. The Morgan fingerprint density at radius 2 is 1.30 bits per heavy atom. The van der Waals surface area contributed by atoms with Crippen molar-refractivity contribution in [2.24, 2.45) is 0 Å². The Morgan fingerprint density at radius 3 is 1.80 bits per heavy atom. The molecule has 1 rings (SSSR count). The van der Waals surface area contributed by atoms with E-state index in [1.165, 1.54) is 45.1 Å². The molecule has 20 heavy (non-hydrogen) atoms. The Balaban J connectivity index is 0. The van der Waals surface area contributed by atoms with Crippen LogP contribution >= 0.6 is 0 Å². The summed E-state index contributed by atoms with van der Waals surface area (Å²) in [5.74, 6) is 0. The Bertz CT molecular complexity index is 170. The van der Waals surface area contributed by atoms with E-state index in [-0.39, 0.29) is 0 Å². The van der Waals surface area contributed by atoms with Crippen LogP contribution in [0.5, 0.6) is 0 Å². The Morgan fingerprint density at radius 1 is 0.850 bits per heavy atom. The van der Waals surface area contributed by atoms with Crippen LogP contribution in [0.1, 0.15) is 92.9 Å². The lowest BCUT2D eigenvalue weighted by atomic mass is 9.94. The zero-order chi connectivity index (χ0) is 15.9. The highest BCUT2D eigenvalue weighted by molar-refractivity contribution is 4.81. The molecule has 1 aliphatic heterocycles. The zero-order valence-corrected chi connectivity index (χ0v) is 15.2. The van der Waals surface area contributed by atoms with Crippen LogP contribution in [-0.4, -0.2) is 35.2 Å². The number of rotatable bonds is 7. The molecule has 0 aliphatic carbocycles. The van der Waals surface area contributed by atoms with E-state index in [2.05, 4.69) is 11.8 Å². The first-order valence-corrected chi connectivity index (χ1v) is 9.09. The second-order valence-corrected chi connectivity index (χ2v) is 5.61. The third-order valence-corrected chi connectivity index (χ3v) is 3.76. The van der Waals surface area contributed by atoms with Gasteiger partial charge in [-0.15, -0.1) is 0 Å². The quantitative estimate of drug-likeness (QED) is 0.647. The molecule has 0 unspecified atom stereocenters. The predicted molar refractivity (Wildman–Crippen MR) is 92.4 cm³/mol. The number of hydrogen-bond donors (Lipinski definition) is 1. The van der Waals surface area contributed by atoms with Gasteiger partial charge < -0.3 is 10.0 Å². The molecule has 0 radical (unpaired) electrons. The summed E-state index contributed by atoms with van der Waals surface area (Å²) in [6.07, 6.45) is 10.2. The van der Waals surface area contributed by atoms with Gasteiger partial charge in [0.2, 0.25) is 0 Å². The molecule has 2 nitrogen and oxygen atoms in total. The van der Waals surface area contributed by atoms with Crippen molar-refractivity contribution in [1.82, 2.24) is 4.90 Å². The standard InChI is InChI=1S/C14H29NO.2C2H6/c1-3-4-5-6-7-8-11-15-12-9-14(2,16)10-13-15;2*1-2/h16H,3-13H2,1-2H3;2*1-2H3. The summed E-state index contributed by atoms with van der Waals surface area (Å²) in [4.78, 5) is 2.51. The lowest BCUT2D eigenvalue weighted by molar-refractivity contribution is -0.00554. The highest BCUT2D eigenvalue weighted by Gasteiger charge is 2.26. The maximum Gasteiger partial charge on any atom is 0.0644 e. The average molecular weight is 288 g/mol. The molecule has 0 aromatic rings. The number of likely N-dealkylation sites (tertiary alicyclic amines) is 1. The molecule has 124 valence electrons. The molecule has 1 N–H and O–H groups in total.